The molecule has 1 aliphatic heterocycles. The topological polar surface area (TPSA) is 52.2 Å². The van der Waals surface area contributed by atoms with Gasteiger partial charge in [-0.1, -0.05) is 39.3 Å². The number of hydrogen-bond donors (Lipinski definition) is 1. The van der Waals surface area contributed by atoms with Crippen LogP contribution in [0.1, 0.15) is 51.7 Å². The lowest BCUT2D eigenvalue weighted by atomic mass is 9.90. The molecular weight excluding hydrogens is 348 g/mol. The maximum absolute atomic E-state index is 12.5. The van der Waals surface area contributed by atoms with Crippen LogP contribution in [-0.4, -0.2) is 52.9 Å². The van der Waals surface area contributed by atoms with Crippen LogP contribution in [0.4, 0.5) is 5.69 Å². The number of Topliss-reactive ketones (excluding diaryl/α,β-unsaturated/α-hetero) is 1. The van der Waals surface area contributed by atoms with Gasteiger partial charge in [0.15, 0.2) is 11.6 Å². The molecule has 1 fully saturated rings. The maximum Gasteiger partial charge on any atom is 0.198 e. The monoisotopic (exact) mass is 376 g/mol. The van der Waals surface area contributed by atoms with Gasteiger partial charge in [-0.25, -0.2) is 4.98 Å². The van der Waals surface area contributed by atoms with Gasteiger partial charge in [-0.3, -0.25) is 9.69 Å². The van der Waals surface area contributed by atoms with E-state index in [9.17, 15) is 4.79 Å². The average molecular weight is 377 g/mol. The van der Waals surface area contributed by atoms with E-state index in [4.69, 9.17) is 11.6 Å². The number of hydrogen-bond acceptors (Lipinski definition) is 4. The van der Waals surface area contributed by atoms with Crippen molar-refractivity contribution in [1.29, 1.82) is 0 Å². The van der Waals surface area contributed by atoms with Gasteiger partial charge in [0.2, 0.25) is 0 Å². The summed E-state index contributed by atoms with van der Waals surface area (Å²) >= 11 is 6.57. The second kappa shape index (κ2) is 7.20. The van der Waals surface area contributed by atoms with Crippen molar-refractivity contribution in [2.24, 2.45) is 5.41 Å². The lowest BCUT2D eigenvalue weighted by molar-refractivity contribution is 0.0931. The normalized spacial score (nSPS) is 19.3. The fourth-order valence-electron chi connectivity index (χ4n) is 3.62. The number of carbonyl (C=O) groups excluding carboxylic acids is 1. The number of likely N-dealkylation sites (N-methyl/N-ethyl adjacent to an activating group) is 1. The molecule has 2 heterocycles. The summed E-state index contributed by atoms with van der Waals surface area (Å²) in [5.74, 6) is 0.461. The Labute approximate surface area is 160 Å². The zero-order valence-corrected chi connectivity index (χ0v) is 17.2. The van der Waals surface area contributed by atoms with Gasteiger partial charge in [-0.05, 0) is 31.0 Å². The van der Waals surface area contributed by atoms with Gasteiger partial charge in [-0.2, -0.15) is 0 Å². The number of fused-ring (bicyclic) bond motifs is 1. The number of imidazole rings is 1. The summed E-state index contributed by atoms with van der Waals surface area (Å²) in [6.45, 7) is 14.7. The van der Waals surface area contributed by atoms with Crippen molar-refractivity contribution >= 4 is 34.1 Å². The Morgan fingerprint density at radius 2 is 2.08 bits per heavy atom. The molecule has 1 aromatic carbocycles. The molecule has 1 aromatic heterocycles. The first-order valence-electron chi connectivity index (χ1n) is 9.39. The number of anilines is 1. The molecule has 0 amide bonds. The average Bonchev–Trinajstić information content (AvgIpc) is 2.95. The molecule has 3 rings (SSSR count). The highest BCUT2D eigenvalue weighted by Crippen LogP contribution is 2.33. The molecule has 1 atom stereocenters. The number of ketones is 1. The highest BCUT2D eigenvalue weighted by atomic mass is 35.5. The van der Waals surface area contributed by atoms with E-state index in [2.05, 4.69) is 54.4 Å². The third-order valence-corrected chi connectivity index (χ3v) is 5.28. The molecule has 0 saturated carbocycles. The number of piperazine rings is 1. The Morgan fingerprint density at radius 3 is 2.69 bits per heavy atom. The van der Waals surface area contributed by atoms with Gasteiger partial charge in [0.05, 0.1) is 21.7 Å². The van der Waals surface area contributed by atoms with Gasteiger partial charge < -0.3 is 9.88 Å². The van der Waals surface area contributed by atoms with Crippen LogP contribution in [-0.2, 0) is 0 Å². The van der Waals surface area contributed by atoms with Crippen molar-refractivity contribution in [3.8, 4) is 0 Å². The van der Waals surface area contributed by atoms with E-state index in [0.29, 0.717) is 23.3 Å². The second-order valence-corrected chi connectivity index (χ2v) is 8.91. The fourth-order valence-corrected chi connectivity index (χ4v) is 3.88. The van der Waals surface area contributed by atoms with Crippen LogP contribution < -0.4 is 4.90 Å². The standard InChI is InChI=1S/C20H29ClN4O/c1-6-24-7-8-25(13(2)12-24)17-10-16-15(9-14(17)21)22-19(23-16)18(26)11-20(3,4)5/h9-10,13H,6-8,11-12H2,1-5H3,(H,22,23)/t13-/m1/s1. The van der Waals surface area contributed by atoms with Gasteiger partial charge >= 0.3 is 0 Å². The minimum Gasteiger partial charge on any atom is -0.365 e. The lowest BCUT2D eigenvalue weighted by Gasteiger charge is -2.41. The SMILES string of the molecule is CCN1CCN(c2cc3[nH]c(C(=O)CC(C)(C)C)nc3cc2Cl)[C@H](C)C1. The summed E-state index contributed by atoms with van der Waals surface area (Å²) in [4.78, 5) is 25.0. The van der Waals surface area contributed by atoms with Crippen molar-refractivity contribution < 1.29 is 4.79 Å². The molecular formula is C20H29ClN4O. The van der Waals surface area contributed by atoms with E-state index in [1.54, 1.807) is 0 Å². The molecule has 6 heteroatoms. The summed E-state index contributed by atoms with van der Waals surface area (Å²) < 4.78 is 0. The van der Waals surface area contributed by atoms with Crippen LogP contribution in [0.3, 0.4) is 0 Å². The Bertz CT molecular complexity index is 808. The molecule has 1 N–H and O–H groups in total. The predicted molar refractivity (Wildman–Crippen MR) is 108 cm³/mol. The Morgan fingerprint density at radius 1 is 1.35 bits per heavy atom. The molecule has 2 aromatic rings. The molecule has 0 radical (unpaired) electrons. The Balaban J connectivity index is 1.89. The van der Waals surface area contributed by atoms with Crippen LogP contribution in [0, 0.1) is 5.41 Å². The highest BCUT2D eigenvalue weighted by molar-refractivity contribution is 6.34. The first kappa shape index (κ1) is 19.2. The number of rotatable bonds is 4. The minimum atomic E-state index is -0.0623. The second-order valence-electron chi connectivity index (χ2n) is 8.50. The summed E-state index contributed by atoms with van der Waals surface area (Å²) in [6, 6.07) is 4.30. The van der Waals surface area contributed by atoms with Crippen molar-refractivity contribution in [2.75, 3.05) is 31.1 Å². The number of nitrogens with zero attached hydrogens (tertiary/aromatic N) is 3. The Kier molecular flexibility index (Phi) is 5.31. The van der Waals surface area contributed by atoms with Crippen molar-refractivity contribution in [3.05, 3.63) is 23.0 Å². The van der Waals surface area contributed by atoms with Crippen molar-refractivity contribution in [3.63, 3.8) is 0 Å². The number of benzene rings is 1. The number of aromatic amines is 1. The molecule has 5 nitrogen and oxygen atoms in total. The highest BCUT2D eigenvalue weighted by Gasteiger charge is 2.26. The summed E-state index contributed by atoms with van der Waals surface area (Å²) in [6.07, 6.45) is 0.462. The molecule has 142 valence electrons. The van der Waals surface area contributed by atoms with Crippen LogP contribution in [0.25, 0.3) is 11.0 Å². The van der Waals surface area contributed by atoms with Gasteiger partial charge in [0.1, 0.15) is 0 Å². The van der Waals surface area contributed by atoms with E-state index in [-0.39, 0.29) is 11.2 Å². The zero-order valence-electron chi connectivity index (χ0n) is 16.4. The first-order chi connectivity index (χ1) is 12.2. The molecule has 0 aliphatic carbocycles. The van der Waals surface area contributed by atoms with Crippen LogP contribution in [0.15, 0.2) is 12.1 Å². The molecule has 1 saturated heterocycles. The maximum atomic E-state index is 12.5. The first-order valence-corrected chi connectivity index (χ1v) is 9.77. The zero-order chi connectivity index (χ0) is 19.1. The van der Waals surface area contributed by atoms with Gasteiger partial charge in [0.25, 0.3) is 0 Å². The summed E-state index contributed by atoms with van der Waals surface area (Å²) in [5, 5.41) is 0.690. The smallest absolute Gasteiger partial charge is 0.198 e. The van der Waals surface area contributed by atoms with Crippen LogP contribution >= 0.6 is 11.6 Å². The van der Waals surface area contributed by atoms with Crippen molar-refractivity contribution in [1.82, 2.24) is 14.9 Å². The molecule has 0 unspecified atom stereocenters. The number of carbonyl (C=O) groups is 1. The third-order valence-electron chi connectivity index (χ3n) is 4.97. The molecule has 1 aliphatic rings. The van der Waals surface area contributed by atoms with Gasteiger partial charge in [0, 0.05) is 32.1 Å². The number of nitrogens with one attached hydrogen (secondary N) is 1. The number of H-pyrrole nitrogens is 1. The van der Waals surface area contributed by atoms with Gasteiger partial charge in [-0.15, -0.1) is 0 Å². The van der Waals surface area contributed by atoms with Crippen LogP contribution in [0.5, 0.6) is 0 Å². The molecule has 0 bridgehead atoms. The van der Waals surface area contributed by atoms with E-state index < -0.39 is 0 Å². The Hall–Kier alpha value is -1.59. The fraction of sp³-hybridized carbons (Fsp3) is 0.600. The molecule has 26 heavy (non-hydrogen) atoms. The van der Waals surface area contributed by atoms with E-state index >= 15 is 0 Å². The summed E-state index contributed by atoms with van der Waals surface area (Å²) in [7, 11) is 0. The van der Waals surface area contributed by atoms with E-state index in [1.807, 2.05) is 12.1 Å². The largest absolute Gasteiger partial charge is 0.365 e. The predicted octanol–water partition coefficient (Wildman–Crippen LogP) is 4.37. The molecule has 0 spiro atoms. The lowest BCUT2D eigenvalue weighted by Crippen LogP contribution is -2.51. The third kappa shape index (κ3) is 4.04. The number of halogens is 1. The minimum absolute atomic E-state index is 0.0382. The van der Waals surface area contributed by atoms with E-state index in [1.165, 1.54) is 0 Å². The van der Waals surface area contributed by atoms with Crippen molar-refractivity contribution in [2.45, 2.75) is 47.1 Å². The number of aromatic nitrogens is 2. The van der Waals surface area contributed by atoms with E-state index in [0.717, 1.165) is 42.9 Å². The van der Waals surface area contributed by atoms with Crippen LogP contribution in [0.2, 0.25) is 5.02 Å². The summed E-state index contributed by atoms with van der Waals surface area (Å²) in [5.41, 5.74) is 2.57. The quantitative estimate of drug-likeness (QED) is 0.805.